The largest absolute Gasteiger partial charge is 0.369 e. The lowest BCUT2D eigenvalue weighted by Crippen LogP contribution is -2.52. The van der Waals surface area contributed by atoms with Crippen molar-refractivity contribution in [2.45, 2.75) is 45.4 Å². The Morgan fingerprint density at radius 1 is 1.29 bits per heavy atom. The molecule has 11 heteroatoms. The van der Waals surface area contributed by atoms with Gasteiger partial charge in [-0.05, 0) is 26.7 Å². The van der Waals surface area contributed by atoms with Crippen molar-refractivity contribution < 1.29 is 19.2 Å². The Balaban J connectivity index is 1.67. The van der Waals surface area contributed by atoms with Crippen LogP contribution in [0.15, 0.2) is 6.07 Å². The second-order valence-electron chi connectivity index (χ2n) is 7.28. The molecule has 5 N–H and O–H groups in total. The number of hydrogen-bond donors (Lipinski definition) is 4. The minimum atomic E-state index is -0.797. The Bertz CT molecular complexity index is 797. The maximum atomic E-state index is 12.5. The van der Waals surface area contributed by atoms with E-state index in [9.17, 15) is 19.2 Å². The highest BCUT2D eigenvalue weighted by Crippen LogP contribution is 2.19. The summed E-state index contributed by atoms with van der Waals surface area (Å²) in [6.45, 7) is 4.22. The molecule has 0 spiro atoms. The van der Waals surface area contributed by atoms with E-state index in [4.69, 9.17) is 5.73 Å². The van der Waals surface area contributed by atoms with Gasteiger partial charge in [0.2, 0.25) is 11.8 Å². The number of rotatable bonds is 3. The van der Waals surface area contributed by atoms with Gasteiger partial charge in [0.15, 0.2) is 6.29 Å². The van der Waals surface area contributed by atoms with E-state index in [0.29, 0.717) is 43.9 Å². The summed E-state index contributed by atoms with van der Waals surface area (Å²) in [5.41, 5.74) is 5.92. The van der Waals surface area contributed by atoms with Crippen LogP contribution in [0, 0.1) is 12.8 Å². The number of nitrogens with zero attached hydrogens (tertiary/aromatic N) is 3. The molecule has 2 saturated heterocycles. The Labute approximate surface area is 162 Å². The van der Waals surface area contributed by atoms with Crippen molar-refractivity contribution in [3.63, 3.8) is 0 Å². The molecule has 1 aromatic rings. The second-order valence-corrected chi connectivity index (χ2v) is 7.28. The van der Waals surface area contributed by atoms with E-state index >= 15 is 0 Å². The highest BCUT2D eigenvalue weighted by Gasteiger charge is 2.31. The first-order valence-electron chi connectivity index (χ1n) is 9.25. The van der Waals surface area contributed by atoms with Gasteiger partial charge in [0.25, 0.3) is 0 Å². The fourth-order valence-electron chi connectivity index (χ4n) is 3.48. The van der Waals surface area contributed by atoms with Crippen LogP contribution in [-0.4, -0.2) is 57.4 Å². The van der Waals surface area contributed by atoms with Crippen molar-refractivity contribution in [1.29, 1.82) is 0 Å². The SMILES string of the molecule is Cc1cc(NC(=O)C(=O)N2CCC(C(N)=O)CC2)n(C2NC(=O)CC(C)N2)n1. The predicted octanol–water partition coefficient (Wildman–Crippen LogP) is -1.19. The lowest BCUT2D eigenvalue weighted by Gasteiger charge is -2.31. The lowest BCUT2D eigenvalue weighted by molar-refractivity contribution is -0.144. The molecule has 1 aromatic heterocycles. The summed E-state index contributed by atoms with van der Waals surface area (Å²) in [4.78, 5) is 49.4. The molecular weight excluding hydrogens is 366 g/mol. The van der Waals surface area contributed by atoms with Gasteiger partial charge >= 0.3 is 11.8 Å². The third-order valence-corrected chi connectivity index (χ3v) is 4.95. The Hall–Kier alpha value is -2.95. The molecule has 0 aromatic carbocycles. The Kier molecular flexibility index (Phi) is 5.63. The maximum Gasteiger partial charge on any atom is 0.315 e. The standard InChI is InChI=1S/C17H25N7O4/c1-9-8-13(25)21-17(19-9)24-12(7-10(2)22-24)20-15(27)16(28)23-5-3-11(4-6-23)14(18)26/h7,9,11,17,19H,3-6,8H2,1-2H3,(H2,18,26)(H,20,27)(H,21,25). The molecule has 2 fully saturated rings. The summed E-state index contributed by atoms with van der Waals surface area (Å²) in [5.74, 6) is -1.95. The summed E-state index contributed by atoms with van der Waals surface area (Å²) in [6.07, 6.45) is 0.613. The number of carbonyl (C=O) groups excluding carboxylic acids is 4. The van der Waals surface area contributed by atoms with Crippen LogP contribution >= 0.6 is 0 Å². The summed E-state index contributed by atoms with van der Waals surface area (Å²) < 4.78 is 1.44. The lowest BCUT2D eigenvalue weighted by atomic mass is 9.96. The third kappa shape index (κ3) is 4.30. The van der Waals surface area contributed by atoms with Crippen LogP contribution in [0.2, 0.25) is 0 Å². The van der Waals surface area contributed by atoms with Crippen molar-refractivity contribution in [2.24, 2.45) is 11.7 Å². The topological polar surface area (TPSA) is 151 Å². The van der Waals surface area contributed by atoms with Gasteiger partial charge in [0.05, 0.1) is 5.69 Å². The minimum Gasteiger partial charge on any atom is -0.369 e. The molecule has 4 amide bonds. The van der Waals surface area contributed by atoms with Crippen LogP contribution in [0.4, 0.5) is 5.82 Å². The number of amides is 4. The molecule has 2 aliphatic rings. The average Bonchev–Trinajstić information content (AvgIpc) is 3.00. The number of likely N-dealkylation sites (tertiary alicyclic amines) is 1. The molecule has 0 aliphatic carbocycles. The first kappa shape index (κ1) is 19.8. The summed E-state index contributed by atoms with van der Waals surface area (Å²) >= 11 is 0. The monoisotopic (exact) mass is 391 g/mol. The Morgan fingerprint density at radius 3 is 2.57 bits per heavy atom. The van der Waals surface area contributed by atoms with Crippen molar-refractivity contribution in [3.05, 3.63) is 11.8 Å². The van der Waals surface area contributed by atoms with Gasteiger partial charge in [-0.2, -0.15) is 5.10 Å². The molecule has 0 radical (unpaired) electrons. The molecule has 152 valence electrons. The van der Waals surface area contributed by atoms with Crippen molar-refractivity contribution >= 4 is 29.4 Å². The van der Waals surface area contributed by atoms with Gasteiger partial charge in [-0.1, -0.05) is 0 Å². The van der Waals surface area contributed by atoms with Crippen molar-refractivity contribution in [3.8, 4) is 0 Å². The Morgan fingerprint density at radius 2 is 1.96 bits per heavy atom. The second kappa shape index (κ2) is 7.97. The van der Waals surface area contributed by atoms with E-state index in [-0.39, 0.29) is 23.8 Å². The van der Waals surface area contributed by atoms with Gasteiger partial charge in [-0.3, -0.25) is 24.5 Å². The average molecular weight is 391 g/mol. The van der Waals surface area contributed by atoms with Crippen molar-refractivity contribution in [2.75, 3.05) is 18.4 Å². The van der Waals surface area contributed by atoms with Gasteiger partial charge < -0.3 is 21.3 Å². The zero-order valence-corrected chi connectivity index (χ0v) is 15.9. The number of nitrogens with one attached hydrogen (secondary N) is 3. The molecule has 3 rings (SSSR count). The number of anilines is 1. The van der Waals surface area contributed by atoms with Gasteiger partial charge in [0.1, 0.15) is 5.82 Å². The van der Waals surface area contributed by atoms with Crippen LogP contribution in [-0.2, 0) is 19.2 Å². The van der Waals surface area contributed by atoms with E-state index in [1.807, 2.05) is 6.92 Å². The molecule has 3 heterocycles. The first-order valence-corrected chi connectivity index (χ1v) is 9.25. The number of nitrogens with two attached hydrogens (primary N) is 1. The van der Waals surface area contributed by atoms with E-state index in [0.717, 1.165) is 0 Å². The minimum absolute atomic E-state index is 0.0556. The predicted molar refractivity (Wildman–Crippen MR) is 98.5 cm³/mol. The smallest absolute Gasteiger partial charge is 0.315 e. The van der Waals surface area contributed by atoms with Gasteiger partial charge in [-0.25, -0.2) is 4.68 Å². The van der Waals surface area contributed by atoms with Crippen LogP contribution in [0.3, 0.4) is 0 Å². The molecule has 11 nitrogen and oxygen atoms in total. The maximum absolute atomic E-state index is 12.5. The molecule has 2 atom stereocenters. The van der Waals surface area contributed by atoms with Crippen LogP contribution in [0.1, 0.15) is 38.2 Å². The zero-order valence-electron chi connectivity index (χ0n) is 15.9. The zero-order chi connectivity index (χ0) is 20.4. The first-order chi connectivity index (χ1) is 13.2. The fraction of sp³-hybridized carbons (Fsp3) is 0.588. The highest BCUT2D eigenvalue weighted by atomic mass is 16.2. The number of aromatic nitrogens is 2. The van der Waals surface area contributed by atoms with E-state index < -0.39 is 18.1 Å². The molecule has 0 saturated carbocycles. The number of hydrogen-bond acceptors (Lipinski definition) is 6. The summed E-state index contributed by atoms with van der Waals surface area (Å²) in [6, 6.07) is 1.57. The van der Waals surface area contributed by atoms with Crippen LogP contribution in [0.5, 0.6) is 0 Å². The van der Waals surface area contributed by atoms with Gasteiger partial charge in [0, 0.05) is 37.5 Å². The highest BCUT2D eigenvalue weighted by molar-refractivity contribution is 6.39. The van der Waals surface area contributed by atoms with E-state index in [1.165, 1.54) is 9.58 Å². The molecular formula is C17H25N7O4. The normalized spacial score (nSPS) is 23.2. The number of carbonyl (C=O) groups is 4. The van der Waals surface area contributed by atoms with E-state index in [2.05, 4.69) is 21.0 Å². The summed E-state index contributed by atoms with van der Waals surface area (Å²) in [7, 11) is 0. The molecule has 0 bridgehead atoms. The number of aryl methyl sites for hydroxylation is 1. The molecule has 2 aliphatic heterocycles. The van der Waals surface area contributed by atoms with E-state index in [1.54, 1.807) is 13.0 Å². The third-order valence-electron chi connectivity index (χ3n) is 4.95. The van der Waals surface area contributed by atoms with Gasteiger partial charge in [-0.15, -0.1) is 0 Å². The van der Waals surface area contributed by atoms with Crippen LogP contribution in [0.25, 0.3) is 0 Å². The number of piperidine rings is 1. The molecule has 2 unspecified atom stereocenters. The summed E-state index contributed by atoms with van der Waals surface area (Å²) in [5, 5.41) is 12.8. The fourth-order valence-corrected chi connectivity index (χ4v) is 3.48. The van der Waals surface area contributed by atoms with Crippen molar-refractivity contribution in [1.82, 2.24) is 25.3 Å². The quantitative estimate of drug-likeness (QED) is 0.476. The van der Waals surface area contributed by atoms with Crippen LogP contribution < -0.4 is 21.7 Å². The number of primary amides is 1. The molecule has 28 heavy (non-hydrogen) atoms.